The molecule has 0 aliphatic heterocycles. The third-order valence-corrected chi connectivity index (χ3v) is 0. The molecule has 0 aliphatic rings. The van der Waals surface area contributed by atoms with Crippen LogP contribution in [-0.2, 0) is 55.6 Å². The molecular formula is CoCuLiTi. The van der Waals surface area contributed by atoms with E-state index < -0.39 is 0 Å². The van der Waals surface area contributed by atoms with Gasteiger partial charge in [-0.1, -0.05) is 0 Å². The summed E-state index contributed by atoms with van der Waals surface area (Å²) in [4.78, 5) is 0. The Labute approximate surface area is 73.6 Å². The van der Waals surface area contributed by atoms with Gasteiger partial charge >= 0.3 is 0 Å². The summed E-state index contributed by atoms with van der Waals surface area (Å²) in [5, 5.41) is 0. The zero-order valence-corrected chi connectivity index (χ0v) is 5.68. The SMILES string of the molecule is [Co].[Cu].[Li].[Ti]. The van der Waals surface area contributed by atoms with Crippen LogP contribution >= 0.6 is 0 Å². The first-order chi connectivity index (χ1) is 0. The van der Waals surface area contributed by atoms with Crippen molar-refractivity contribution in [3.05, 3.63) is 0 Å². The van der Waals surface area contributed by atoms with Crippen molar-refractivity contribution in [3.8, 4) is 0 Å². The van der Waals surface area contributed by atoms with E-state index in [-0.39, 0.29) is 74.4 Å². The van der Waals surface area contributed by atoms with Crippen LogP contribution in [0.5, 0.6) is 0 Å². The maximum absolute atomic E-state index is 0. The molecule has 0 spiro atoms. The van der Waals surface area contributed by atoms with Crippen molar-refractivity contribution in [1.82, 2.24) is 0 Å². The summed E-state index contributed by atoms with van der Waals surface area (Å²) in [6, 6.07) is 0. The first-order valence-electron chi connectivity index (χ1n) is 0. The molecule has 0 aromatic rings. The second kappa shape index (κ2) is 18.4. The second-order valence-electron chi connectivity index (χ2n) is 0. The van der Waals surface area contributed by atoms with E-state index in [2.05, 4.69) is 0 Å². The molecule has 0 unspecified atom stereocenters. The number of hydrogen-bond acceptors (Lipinski definition) is 0. The zero-order chi connectivity index (χ0) is 0. The molecular weight excluding hydrogens is 177 g/mol. The largest absolute Gasteiger partial charge is 0 e. The third-order valence-electron chi connectivity index (χ3n) is 0. The summed E-state index contributed by atoms with van der Waals surface area (Å²) >= 11 is 0. The molecule has 3 radical (unpaired) electrons. The Kier molecular flexibility index (Phi) is 152. The van der Waals surface area contributed by atoms with Crippen LogP contribution < -0.4 is 0 Å². The van der Waals surface area contributed by atoms with Gasteiger partial charge in [-0.05, 0) is 0 Å². The number of rotatable bonds is 0. The van der Waals surface area contributed by atoms with Crippen molar-refractivity contribution < 1.29 is 55.6 Å². The van der Waals surface area contributed by atoms with Crippen molar-refractivity contribution >= 4 is 18.9 Å². The molecule has 0 aromatic carbocycles. The minimum absolute atomic E-state index is 0. The predicted molar refractivity (Wildman–Crippen MR) is 5.75 cm³/mol. The third kappa shape index (κ3) is 8.84. The Morgan fingerprint density at radius 1 is 1.00 bits per heavy atom. The van der Waals surface area contributed by atoms with Crippen molar-refractivity contribution in [2.75, 3.05) is 0 Å². The molecule has 0 bridgehead atoms. The molecule has 4 heteroatoms. The van der Waals surface area contributed by atoms with Gasteiger partial charge < -0.3 is 0 Å². The van der Waals surface area contributed by atoms with E-state index >= 15 is 0 Å². The molecule has 4 heavy (non-hydrogen) atoms. The Bertz CT molecular complexity index is 8.00. The van der Waals surface area contributed by atoms with Crippen LogP contribution in [0.25, 0.3) is 0 Å². The van der Waals surface area contributed by atoms with Crippen LogP contribution in [0.2, 0.25) is 0 Å². The molecule has 0 saturated heterocycles. The maximum Gasteiger partial charge on any atom is 0 e. The fraction of sp³-hybridized carbons (Fsp3) is 0. The van der Waals surface area contributed by atoms with Crippen molar-refractivity contribution in [1.29, 1.82) is 0 Å². The normalized spacial score (nSPS) is 0. The summed E-state index contributed by atoms with van der Waals surface area (Å²) < 4.78 is 0. The monoisotopic (exact) mass is 177 g/mol. The van der Waals surface area contributed by atoms with E-state index in [9.17, 15) is 0 Å². The molecule has 0 fully saturated rings. The minimum Gasteiger partial charge on any atom is 0 e. The van der Waals surface area contributed by atoms with E-state index in [1.165, 1.54) is 0 Å². The molecule has 0 saturated carbocycles. The van der Waals surface area contributed by atoms with Gasteiger partial charge in [-0.2, -0.15) is 0 Å². The first-order valence-corrected chi connectivity index (χ1v) is 0. The van der Waals surface area contributed by atoms with Gasteiger partial charge in [0.15, 0.2) is 0 Å². The van der Waals surface area contributed by atoms with Crippen molar-refractivity contribution in [2.24, 2.45) is 0 Å². The fourth-order valence-electron chi connectivity index (χ4n) is 0. The molecule has 0 aromatic heterocycles. The summed E-state index contributed by atoms with van der Waals surface area (Å²) in [6.07, 6.45) is 0. The predicted octanol–water partition coefficient (Wildman–Crippen LogP) is -0.388. The number of hydrogen-bond donors (Lipinski definition) is 0. The van der Waals surface area contributed by atoms with Crippen LogP contribution in [0.1, 0.15) is 0 Å². The average Bonchev–Trinajstić information content (AvgIpc) is 0. The Balaban J connectivity index is 0. The van der Waals surface area contributed by atoms with E-state index in [0.717, 1.165) is 0 Å². The van der Waals surface area contributed by atoms with Gasteiger partial charge in [-0.3, -0.25) is 0 Å². The zero-order valence-electron chi connectivity index (χ0n) is 2.13. The molecule has 0 rings (SSSR count). The molecule has 25 valence electrons. The van der Waals surface area contributed by atoms with Crippen LogP contribution in [-0.4, -0.2) is 18.9 Å². The Hall–Kier alpha value is 2.34. The molecule has 0 N–H and O–H groups in total. The van der Waals surface area contributed by atoms with E-state index in [4.69, 9.17) is 0 Å². The Morgan fingerprint density at radius 2 is 1.00 bits per heavy atom. The molecule has 0 heterocycles. The van der Waals surface area contributed by atoms with Gasteiger partial charge in [0.1, 0.15) is 0 Å². The quantitative estimate of drug-likeness (QED) is 0.442. The van der Waals surface area contributed by atoms with Crippen LogP contribution in [0, 0.1) is 0 Å². The smallest absolute Gasteiger partial charge is 0 e. The molecule has 0 aliphatic carbocycles. The van der Waals surface area contributed by atoms with Gasteiger partial charge in [0.05, 0.1) is 0 Å². The molecule has 0 amide bonds. The van der Waals surface area contributed by atoms with Gasteiger partial charge in [0.2, 0.25) is 0 Å². The summed E-state index contributed by atoms with van der Waals surface area (Å²) in [6.45, 7) is 0. The first kappa shape index (κ1) is 33.0. The summed E-state index contributed by atoms with van der Waals surface area (Å²) in [5.41, 5.74) is 0. The standard InChI is InChI=1S/Co.Cu.Li.Ti. The average molecular weight is 177 g/mol. The van der Waals surface area contributed by atoms with Crippen LogP contribution in [0.15, 0.2) is 0 Å². The molecule has 0 nitrogen and oxygen atoms in total. The van der Waals surface area contributed by atoms with Crippen molar-refractivity contribution in [3.63, 3.8) is 0 Å². The van der Waals surface area contributed by atoms with E-state index in [0.29, 0.717) is 0 Å². The van der Waals surface area contributed by atoms with Gasteiger partial charge in [-0.15, -0.1) is 0 Å². The van der Waals surface area contributed by atoms with Crippen LogP contribution in [0.3, 0.4) is 0 Å². The van der Waals surface area contributed by atoms with Crippen molar-refractivity contribution in [2.45, 2.75) is 0 Å². The second-order valence-corrected chi connectivity index (χ2v) is 0. The van der Waals surface area contributed by atoms with Gasteiger partial charge in [0, 0.05) is 74.4 Å². The van der Waals surface area contributed by atoms with E-state index in [1.54, 1.807) is 0 Å². The maximum atomic E-state index is 0. The topological polar surface area (TPSA) is 0 Å². The van der Waals surface area contributed by atoms with Crippen LogP contribution in [0.4, 0.5) is 0 Å². The Morgan fingerprint density at radius 3 is 1.00 bits per heavy atom. The van der Waals surface area contributed by atoms with Gasteiger partial charge in [-0.25, -0.2) is 0 Å². The molecule has 0 atom stereocenters. The van der Waals surface area contributed by atoms with E-state index in [1.807, 2.05) is 0 Å². The van der Waals surface area contributed by atoms with Gasteiger partial charge in [0.25, 0.3) is 0 Å². The summed E-state index contributed by atoms with van der Waals surface area (Å²) in [5.74, 6) is 0. The minimum atomic E-state index is 0. The summed E-state index contributed by atoms with van der Waals surface area (Å²) in [7, 11) is 0. The fourth-order valence-corrected chi connectivity index (χ4v) is 0.